The van der Waals surface area contributed by atoms with Gasteiger partial charge in [0.15, 0.2) is 12.9 Å². The summed E-state index contributed by atoms with van der Waals surface area (Å²) < 4.78 is 27.0. The van der Waals surface area contributed by atoms with Crippen molar-refractivity contribution < 1.29 is 20.4 Å². The van der Waals surface area contributed by atoms with E-state index in [0.717, 1.165) is 58.7 Å². The van der Waals surface area contributed by atoms with Gasteiger partial charge in [0.1, 0.15) is 12.2 Å². The molecule has 1 saturated heterocycles. The van der Waals surface area contributed by atoms with Gasteiger partial charge in [0.2, 0.25) is 5.91 Å². The maximum atomic E-state index is 13.4. The molecule has 41 heavy (non-hydrogen) atoms. The van der Waals surface area contributed by atoms with E-state index in [1.54, 1.807) is 7.11 Å². The zero-order valence-electron chi connectivity index (χ0n) is 28.1. The van der Waals surface area contributed by atoms with E-state index in [-0.39, 0.29) is 23.9 Å². The highest BCUT2D eigenvalue weighted by atomic mass is 16.5. The molecule has 2 aromatic rings. The summed E-state index contributed by atoms with van der Waals surface area (Å²) in [7, 11) is 1.73. The number of methoxy groups -OCH3 is 1. The van der Waals surface area contributed by atoms with Crippen molar-refractivity contribution in [3.8, 4) is 11.5 Å². The number of piperazine rings is 1. The first-order valence-corrected chi connectivity index (χ1v) is 15.1. The van der Waals surface area contributed by atoms with Crippen LogP contribution in [-0.4, -0.2) is 79.9 Å². The second-order valence-electron chi connectivity index (χ2n) is 12.6. The number of aryl methyl sites for hydroxylation is 3. The molecule has 0 radical (unpaired) electrons. The number of carbonyl (C=O) groups is 1. The SMILES string of the molecule is [2H]N(C(=O)CN1CCN(CC(C)(COc2cc(C)c(C)cc2OCC)OC)C(C)(C)C1)c1c(CC)cccc1C(C)C. The number of carbonyl (C=O) groups excluding carboxylic acids is 1. The summed E-state index contributed by atoms with van der Waals surface area (Å²) in [5.74, 6) is 1.52. The number of rotatable bonds is 13. The molecule has 7 nitrogen and oxygen atoms in total. The normalized spacial score (nSPS) is 17.7. The van der Waals surface area contributed by atoms with E-state index in [1.165, 1.54) is 5.56 Å². The quantitative estimate of drug-likeness (QED) is 0.310. The summed E-state index contributed by atoms with van der Waals surface area (Å²) in [6, 6.07) is 10.1. The Morgan fingerprint density at radius 2 is 1.78 bits per heavy atom. The van der Waals surface area contributed by atoms with Crippen molar-refractivity contribution in [2.75, 3.05) is 58.4 Å². The van der Waals surface area contributed by atoms with Crippen LogP contribution < -0.4 is 14.8 Å². The van der Waals surface area contributed by atoms with Gasteiger partial charge in [0, 0.05) is 44.5 Å². The van der Waals surface area contributed by atoms with Crippen LogP contribution in [0.5, 0.6) is 11.5 Å². The molecule has 2 aromatic carbocycles. The number of amides is 1. The van der Waals surface area contributed by atoms with Crippen LogP contribution in [0.3, 0.4) is 0 Å². The van der Waals surface area contributed by atoms with Crippen molar-refractivity contribution >= 4 is 11.6 Å². The molecule has 0 spiro atoms. The monoisotopic (exact) mass is 568 g/mol. The highest BCUT2D eigenvalue weighted by Gasteiger charge is 2.39. The molecule has 7 heteroatoms. The van der Waals surface area contributed by atoms with E-state index in [4.69, 9.17) is 15.6 Å². The van der Waals surface area contributed by atoms with Crippen LogP contribution >= 0.6 is 0 Å². The molecule has 1 aliphatic rings. The Balaban J connectivity index is 1.66. The molecule has 0 aromatic heterocycles. The molecule has 1 unspecified atom stereocenters. The highest BCUT2D eigenvalue weighted by Crippen LogP contribution is 2.33. The van der Waals surface area contributed by atoms with Crippen molar-refractivity contribution in [1.82, 2.24) is 9.80 Å². The number of para-hydroxylation sites is 1. The van der Waals surface area contributed by atoms with Crippen molar-refractivity contribution in [2.24, 2.45) is 0 Å². The number of hydrogen-bond acceptors (Lipinski definition) is 6. The van der Waals surface area contributed by atoms with E-state index in [1.807, 2.05) is 37.3 Å². The fraction of sp³-hybridized carbons (Fsp3) is 0.618. The summed E-state index contributed by atoms with van der Waals surface area (Å²) in [5.41, 5.74) is 4.39. The van der Waals surface area contributed by atoms with Crippen molar-refractivity contribution in [3.63, 3.8) is 0 Å². The van der Waals surface area contributed by atoms with E-state index < -0.39 is 5.60 Å². The summed E-state index contributed by atoms with van der Waals surface area (Å²) in [6.45, 7) is 23.0. The van der Waals surface area contributed by atoms with Crippen LogP contribution in [0.15, 0.2) is 30.3 Å². The lowest BCUT2D eigenvalue weighted by atomic mass is 9.95. The molecule has 1 aliphatic heterocycles. The van der Waals surface area contributed by atoms with Crippen LogP contribution in [0.4, 0.5) is 5.69 Å². The molecule has 1 N–H and O–H groups in total. The smallest absolute Gasteiger partial charge is 0.238 e. The zero-order valence-corrected chi connectivity index (χ0v) is 27.1. The Morgan fingerprint density at radius 3 is 2.34 bits per heavy atom. The largest absolute Gasteiger partial charge is 0.490 e. The topological polar surface area (TPSA) is 63.3 Å². The fourth-order valence-electron chi connectivity index (χ4n) is 5.52. The summed E-state index contributed by atoms with van der Waals surface area (Å²) in [4.78, 5) is 18.0. The lowest BCUT2D eigenvalue weighted by molar-refractivity contribution is -0.120. The molecule has 1 atom stereocenters. The summed E-state index contributed by atoms with van der Waals surface area (Å²) in [6.07, 6.45) is 0.780. The third-order valence-electron chi connectivity index (χ3n) is 8.31. The average Bonchev–Trinajstić information content (AvgIpc) is 2.94. The van der Waals surface area contributed by atoms with Crippen LogP contribution in [0, 0.1) is 13.8 Å². The fourth-order valence-corrected chi connectivity index (χ4v) is 5.52. The van der Waals surface area contributed by atoms with Crippen LogP contribution in [-0.2, 0) is 16.0 Å². The Morgan fingerprint density at radius 1 is 1.12 bits per heavy atom. The van der Waals surface area contributed by atoms with Crippen LogP contribution in [0.1, 0.15) is 76.6 Å². The molecular formula is C34H53N3O4. The Labute approximate surface area is 250 Å². The van der Waals surface area contributed by atoms with Crippen LogP contribution in [0.25, 0.3) is 0 Å². The molecule has 1 fully saturated rings. The van der Waals surface area contributed by atoms with Crippen LogP contribution in [0.2, 0.25) is 1.41 Å². The zero-order chi connectivity index (χ0) is 31.2. The Bertz CT molecular complexity index is 1220. The molecule has 3 rings (SSSR count). The first-order chi connectivity index (χ1) is 19.7. The molecule has 1 heterocycles. The summed E-state index contributed by atoms with van der Waals surface area (Å²) >= 11 is 0. The van der Waals surface area contributed by atoms with Gasteiger partial charge in [0.25, 0.3) is 0 Å². The van der Waals surface area contributed by atoms with E-state index in [2.05, 4.69) is 65.2 Å². The minimum Gasteiger partial charge on any atom is -0.490 e. The number of anilines is 1. The first-order valence-electron chi connectivity index (χ1n) is 15.5. The van der Waals surface area contributed by atoms with E-state index >= 15 is 0 Å². The lowest BCUT2D eigenvalue weighted by Gasteiger charge is -2.49. The molecule has 1 amide bonds. The number of ether oxygens (including phenoxy) is 3. The number of nitrogens with zero attached hydrogens (tertiary/aromatic N) is 2. The van der Waals surface area contributed by atoms with Gasteiger partial charge >= 0.3 is 0 Å². The average molecular weight is 569 g/mol. The van der Waals surface area contributed by atoms with Gasteiger partial charge in [-0.15, -0.1) is 0 Å². The lowest BCUT2D eigenvalue weighted by Crippen LogP contribution is -2.63. The van der Waals surface area contributed by atoms with Crippen molar-refractivity contribution in [3.05, 3.63) is 52.6 Å². The highest BCUT2D eigenvalue weighted by molar-refractivity contribution is 5.94. The van der Waals surface area contributed by atoms with E-state index in [9.17, 15) is 4.79 Å². The van der Waals surface area contributed by atoms with Gasteiger partial charge in [0.05, 0.1) is 13.2 Å². The van der Waals surface area contributed by atoms with Crippen molar-refractivity contribution in [2.45, 2.75) is 85.8 Å². The first kappa shape index (κ1) is 31.3. The number of nitrogens with one attached hydrogen (secondary N) is 1. The second-order valence-corrected chi connectivity index (χ2v) is 12.6. The molecular weight excluding hydrogens is 514 g/mol. The maximum Gasteiger partial charge on any atom is 0.238 e. The predicted molar refractivity (Wildman–Crippen MR) is 169 cm³/mol. The third kappa shape index (κ3) is 8.46. The third-order valence-corrected chi connectivity index (χ3v) is 8.31. The molecule has 0 saturated carbocycles. The van der Waals surface area contributed by atoms with Crippen molar-refractivity contribution in [1.29, 1.82) is 0 Å². The van der Waals surface area contributed by atoms with Gasteiger partial charge < -0.3 is 19.5 Å². The van der Waals surface area contributed by atoms with Gasteiger partial charge in [-0.1, -0.05) is 39.0 Å². The number of hydrogen-bond donors (Lipinski definition) is 1. The van der Waals surface area contributed by atoms with Gasteiger partial charge in [-0.05, 0) is 88.3 Å². The van der Waals surface area contributed by atoms with Gasteiger partial charge in [-0.2, -0.15) is 0 Å². The Kier molecular flexibility index (Phi) is 10.7. The molecule has 0 bridgehead atoms. The maximum absolute atomic E-state index is 13.4. The standard InChI is InChI=1S/C34H53N3O4/c1-11-27-14-13-15-28(24(3)4)32(27)35-31(38)20-36-16-17-37(33(7,8)21-36)22-34(9,39-10)23-41-30-19-26(6)25(5)18-29(30)40-12-2/h13-15,18-19,24H,11-12,16-17,20-23H2,1-10H3,(H,35,38)/i/hD. The van der Waals surface area contributed by atoms with Gasteiger partial charge in [-0.25, -0.2) is 0 Å². The van der Waals surface area contributed by atoms with E-state index in [0.29, 0.717) is 26.3 Å². The Hall–Kier alpha value is -2.61. The predicted octanol–water partition coefficient (Wildman–Crippen LogP) is 6.21. The number of benzene rings is 2. The summed E-state index contributed by atoms with van der Waals surface area (Å²) in [5, 5.41) is 1.14. The van der Waals surface area contributed by atoms with Gasteiger partial charge in [-0.3, -0.25) is 14.6 Å². The minimum atomic E-state index is -0.549. The minimum absolute atomic E-state index is 0.198. The molecule has 0 aliphatic carbocycles. The second kappa shape index (κ2) is 14.0. The molecule has 228 valence electrons.